The van der Waals surface area contributed by atoms with Crippen molar-refractivity contribution in [3.63, 3.8) is 0 Å². The van der Waals surface area contributed by atoms with E-state index in [0.29, 0.717) is 12.6 Å². The molecule has 1 aliphatic heterocycles. The summed E-state index contributed by atoms with van der Waals surface area (Å²) in [5.41, 5.74) is 1.89. The number of carbonyl (C=O) groups is 1. The number of halogens is 1. The zero-order valence-corrected chi connectivity index (χ0v) is 21.7. The van der Waals surface area contributed by atoms with Crippen molar-refractivity contribution in [2.24, 2.45) is 4.99 Å². The van der Waals surface area contributed by atoms with Gasteiger partial charge in [0.25, 0.3) is 0 Å². The van der Waals surface area contributed by atoms with Gasteiger partial charge in [-0.2, -0.15) is 0 Å². The lowest BCUT2D eigenvalue weighted by Crippen LogP contribution is -2.38. The zero-order chi connectivity index (χ0) is 21.7. The van der Waals surface area contributed by atoms with E-state index in [0.717, 1.165) is 69.3 Å². The van der Waals surface area contributed by atoms with Gasteiger partial charge in [-0.05, 0) is 56.7 Å². The van der Waals surface area contributed by atoms with E-state index >= 15 is 0 Å². The topological polar surface area (TPSA) is 78.0 Å². The molecule has 8 heteroatoms. The highest BCUT2D eigenvalue weighted by atomic mass is 127. The Bertz CT molecular complexity index is 703. The van der Waals surface area contributed by atoms with Crippen LogP contribution in [0.2, 0.25) is 0 Å². The molecule has 0 radical (unpaired) electrons. The molecule has 0 unspecified atom stereocenters. The second-order valence-electron chi connectivity index (χ2n) is 8.43. The standard InChI is InChI=1S/C24H39N5O2.HI/c1-2-25-23(26-14-9-17-31-22-12-4-3-5-13-22)27-19-20-10-8-11-21(18-20)28-24(30)29-15-6-7-16-29;/h8,10-11,18,22H,2-7,9,12-17,19H2,1H3,(H,28,30)(H2,25,26,27);1H. The second-order valence-corrected chi connectivity index (χ2v) is 8.43. The predicted octanol–water partition coefficient (Wildman–Crippen LogP) is 4.73. The molecule has 1 heterocycles. The number of guanidine groups is 1. The summed E-state index contributed by atoms with van der Waals surface area (Å²) < 4.78 is 6.00. The molecule has 0 bridgehead atoms. The maximum atomic E-state index is 12.3. The molecular weight excluding hydrogens is 517 g/mol. The van der Waals surface area contributed by atoms with Crippen molar-refractivity contribution < 1.29 is 9.53 Å². The van der Waals surface area contributed by atoms with Crippen molar-refractivity contribution in [3.05, 3.63) is 29.8 Å². The van der Waals surface area contributed by atoms with Gasteiger partial charge in [-0.3, -0.25) is 0 Å². The maximum Gasteiger partial charge on any atom is 0.321 e. The Morgan fingerprint density at radius 2 is 1.91 bits per heavy atom. The Morgan fingerprint density at radius 1 is 1.12 bits per heavy atom. The highest BCUT2D eigenvalue weighted by Gasteiger charge is 2.17. The molecule has 1 saturated carbocycles. The van der Waals surface area contributed by atoms with E-state index in [9.17, 15) is 4.79 Å². The van der Waals surface area contributed by atoms with E-state index in [1.807, 2.05) is 29.2 Å². The first-order valence-corrected chi connectivity index (χ1v) is 12.0. The van der Waals surface area contributed by atoms with Crippen LogP contribution in [0.15, 0.2) is 29.3 Å². The van der Waals surface area contributed by atoms with E-state index in [4.69, 9.17) is 9.73 Å². The van der Waals surface area contributed by atoms with Crippen molar-refractivity contribution in [2.45, 2.75) is 70.9 Å². The fourth-order valence-electron chi connectivity index (χ4n) is 4.14. The number of rotatable bonds is 9. The van der Waals surface area contributed by atoms with Gasteiger partial charge in [-0.15, -0.1) is 24.0 Å². The van der Waals surface area contributed by atoms with E-state index in [1.165, 1.54) is 32.1 Å². The molecule has 32 heavy (non-hydrogen) atoms. The van der Waals surface area contributed by atoms with Crippen LogP contribution in [-0.2, 0) is 11.3 Å². The summed E-state index contributed by atoms with van der Waals surface area (Å²) in [6.07, 6.45) is 10.0. The van der Waals surface area contributed by atoms with Crippen LogP contribution >= 0.6 is 24.0 Å². The smallest absolute Gasteiger partial charge is 0.321 e. The van der Waals surface area contributed by atoms with Crippen LogP contribution < -0.4 is 16.0 Å². The number of hydrogen-bond acceptors (Lipinski definition) is 3. The minimum absolute atomic E-state index is 0. The lowest BCUT2D eigenvalue weighted by Gasteiger charge is -2.22. The highest BCUT2D eigenvalue weighted by molar-refractivity contribution is 14.0. The fourth-order valence-corrected chi connectivity index (χ4v) is 4.14. The first kappa shape index (κ1) is 26.7. The van der Waals surface area contributed by atoms with Crippen molar-refractivity contribution in [2.75, 3.05) is 38.1 Å². The molecule has 7 nitrogen and oxygen atoms in total. The monoisotopic (exact) mass is 557 g/mol. The molecule has 2 amide bonds. The first-order chi connectivity index (χ1) is 15.2. The number of likely N-dealkylation sites (tertiary alicyclic amines) is 1. The lowest BCUT2D eigenvalue weighted by molar-refractivity contribution is 0.0277. The summed E-state index contributed by atoms with van der Waals surface area (Å²) in [5.74, 6) is 0.812. The Morgan fingerprint density at radius 3 is 2.66 bits per heavy atom. The van der Waals surface area contributed by atoms with Crippen molar-refractivity contribution in [3.8, 4) is 0 Å². The van der Waals surface area contributed by atoms with Gasteiger partial charge in [0, 0.05) is 38.5 Å². The summed E-state index contributed by atoms with van der Waals surface area (Å²) in [4.78, 5) is 18.9. The number of hydrogen-bond donors (Lipinski definition) is 3. The molecule has 1 aromatic rings. The minimum Gasteiger partial charge on any atom is -0.378 e. The van der Waals surface area contributed by atoms with Crippen LogP contribution in [0.1, 0.15) is 63.9 Å². The van der Waals surface area contributed by atoms with Crippen molar-refractivity contribution in [1.29, 1.82) is 0 Å². The molecule has 2 fully saturated rings. The molecule has 1 aliphatic carbocycles. The number of ether oxygens (including phenoxy) is 1. The van der Waals surface area contributed by atoms with Gasteiger partial charge in [0.15, 0.2) is 5.96 Å². The first-order valence-electron chi connectivity index (χ1n) is 12.0. The molecular formula is C24H40IN5O2. The quantitative estimate of drug-likeness (QED) is 0.178. The van der Waals surface area contributed by atoms with Gasteiger partial charge in [-0.25, -0.2) is 9.79 Å². The number of nitrogens with zero attached hydrogens (tertiary/aromatic N) is 2. The van der Waals surface area contributed by atoms with Crippen LogP contribution in [0.25, 0.3) is 0 Å². The number of nitrogens with one attached hydrogen (secondary N) is 3. The normalized spacial score (nSPS) is 17.0. The SMILES string of the molecule is CCNC(=NCc1cccc(NC(=O)N2CCCC2)c1)NCCCOC1CCCCC1.I. The Balaban J connectivity index is 0.00000363. The van der Waals surface area contributed by atoms with Crippen LogP contribution in [0, 0.1) is 0 Å². The number of carbonyl (C=O) groups excluding carboxylic acids is 1. The van der Waals surface area contributed by atoms with E-state index in [1.54, 1.807) is 0 Å². The fraction of sp³-hybridized carbons (Fsp3) is 0.667. The molecule has 180 valence electrons. The van der Waals surface area contributed by atoms with Crippen LogP contribution in [0.5, 0.6) is 0 Å². The average molecular weight is 558 g/mol. The Labute approximate surface area is 210 Å². The predicted molar refractivity (Wildman–Crippen MR) is 142 cm³/mol. The third-order valence-corrected chi connectivity index (χ3v) is 5.85. The molecule has 1 saturated heterocycles. The number of amides is 2. The average Bonchev–Trinajstić information content (AvgIpc) is 3.33. The summed E-state index contributed by atoms with van der Waals surface area (Å²) >= 11 is 0. The molecule has 1 aromatic carbocycles. The van der Waals surface area contributed by atoms with Gasteiger partial charge in [-0.1, -0.05) is 31.4 Å². The summed E-state index contributed by atoms with van der Waals surface area (Å²) in [7, 11) is 0. The summed E-state index contributed by atoms with van der Waals surface area (Å²) in [6.45, 7) is 6.77. The lowest BCUT2D eigenvalue weighted by atomic mass is 9.98. The van der Waals surface area contributed by atoms with Gasteiger partial charge in [0.1, 0.15) is 0 Å². The molecule has 0 spiro atoms. The zero-order valence-electron chi connectivity index (χ0n) is 19.4. The molecule has 0 atom stereocenters. The largest absolute Gasteiger partial charge is 0.378 e. The summed E-state index contributed by atoms with van der Waals surface area (Å²) in [6, 6.07) is 7.92. The highest BCUT2D eigenvalue weighted by Crippen LogP contribution is 2.20. The van der Waals surface area contributed by atoms with Crippen LogP contribution in [0.3, 0.4) is 0 Å². The Hall–Kier alpha value is -1.55. The van der Waals surface area contributed by atoms with E-state index in [2.05, 4.69) is 22.9 Å². The molecule has 3 rings (SSSR count). The van der Waals surface area contributed by atoms with E-state index < -0.39 is 0 Å². The number of benzene rings is 1. The van der Waals surface area contributed by atoms with Crippen LogP contribution in [0.4, 0.5) is 10.5 Å². The maximum absolute atomic E-state index is 12.3. The third kappa shape index (κ3) is 9.52. The van der Waals surface area contributed by atoms with Crippen molar-refractivity contribution in [1.82, 2.24) is 15.5 Å². The second kappa shape index (κ2) is 15.3. The van der Waals surface area contributed by atoms with Crippen LogP contribution in [-0.4, -0.2) is 55.8 Å². The molecule has 2 aliphatic rings. The molecule has 3 N–H and O–H groups in total. The Kier molecular flexibility index (Phi) is 12.8. The molecule has 0 aromatic heterocycles. The van der Waals surface area contributed by atoms with Gasteiger partial charge >= 0.3 is 6.03 Å². The number of anilines is 1. The third-order valence-electron chi connectivity index (χ3n) is 5.85. The number of aliphatic imine (C=N–C) groups is 1. The van der Waals surface area contributed by atoms with Gasteiger partial charge < -0.3 is 25.6 Å². The van der Waals surface area contributed by atoms with Crippen molar-refractivity contribution >= 4 is 41.7 Å². The number of urea groups is 1. The summed E-state index contributed by atoms with van der Waals surface area (Å²) in [5, 5.41) is 9.70. The van der Waals surface area contributed by atoms with Gasteiger partial charge in [0.05, 0.1) is 12.6 Å². The van der Waals surface area contributed by atoms with E-state index in [-0.39, 0.29) is 30.0 Å². The van der Waals surface area contributed by atoms with Gasteiger partial charge in [0.2, 0.25) is 0 Å². The minimum atomic E-state index is -0.0106.